The number of hydrogen-bond donors (Lipinski definition) is 0. The van der Waals surface area contributed by atoms with E-state index in [0.717, 1.165) is 26.4 Å². The number of carbonyl (C=O) groups is 1. The van der Waals surface area contributed by atoms with Gasteiger partial charge in [0, 0.05) is 24.5 Å². The van der Waals surface area contributed by atoms with E-state index in [1.54, 1.807) is 23.2 Å². The topological polar surface area (TPSA) is 36.4 Å². The van der Waals surface area contributed by atoms with Gasteiger partial charge in [-0.3, -0.25) is 9.69 Å². The van der Waals surface area contributed by atoms with Crippen molar-refractivity contribution in [1.82, 2.24) is 9.88 Å². The zero-order valence-electron chi connectivity index (χ0n) is 11.2. The number of nitrogens with zero attached hydrogens (tertiary/aromatic N) is 3. The van der Waals surface area contributed by atoms with Gasteiger partial charge in [-0.1, -0.05) is 27.3 Å². The third-order valence-electron chi connectivity index (χ3n) is 2.72. The van der Waals surface area contributed by atoms with Crippen molar-refractivity contribution < 1.29 is 4.79 Å². The summed E-state index contributed by atoms with van der Waals surface area (Å²) < 4.78 is 2.11. The van der Waals surface area contributed by atoms with E-state index in [0.29, 0.717) is 6.54 Å². The number of halogens is 1. The summed E-state index contributed by atoms with van der Waals surface area (Å²) in [7, 11) is 3.99. The molecule has 4 nitrogen and oxygen atoms in total. The van der Waals surface area contributed by atoms with Crippen LogP contribution in [0.5, 0.6) is 0 Å². The van der Waals surface area contributed by atoms with E-state index in [2.05, 4.69) is 25.8 Å². The first-order valence-electron chi connectivity index (χ1n) is 5.96. The molecule has 0 unspecified atom stereocenters. The molecule has 0 atom stereocenters. The summed E-state index contributed by atoms with van der Waals surface area (Å²) in [5, 5.41) is 0.766. The molecule has 0 spiro atoms. The Balaban J connectivity index is 2.30. The van der Waals surface area contributed by atoms with Crippen LogP contribution in [0.25, 0.3) is 10.2 Å². The van der Waals surface area contributed by atoms with Gasteiger partial charge >= 0.3 is 0 Å². The second kappa shape index (κ2) is 5.98. The number of anilines is 1. The molecule has 19 heavy (non-hydrogen) atoms. The van der Waals surface area contributed by atoms with Gasteiger partial charge < -0.3 is 4.90 Å². The second-order valence-electron chi connectivity index (χ2n) is 4.58. The van der Waals surface area contributed by atoms with E-state index in [1.807, 2.05) is 32.3 Å². The van der Waals surface area contributed by atoms with Gasteiger partial charge in [-0.2, -0.15) is 0 Å². The van der Waals surface area contributed by atoms with Crippen LogP contribution in [0.3, 0.4) is 0 Å². The average molecular weight is 342 g/mol. The fourth-order valence-corrected chi connectivity index (χ4v) is 3.28. The van der Waals surface area contributed by atoms with Gasteiger partial charge in [0.05, 0.1) is 10.2 Å². The maximum Gasteiger partial charge on any atom is 0.225 e. The highest BCUT2D eigenvalue weighted by molar-refractivity contribution is 9.10. The minimum atomic E-state index is 0.0278. The number of likely N-dealkylation sites (N-methyl/N-ethyl adjacent to an activating group) is 1. The van der Waals surface area contributed by atoms with Gasteiger partial charge in [-0.25, -0.2) is 4.98 Å². The minimum Gasteiger partial charge on any atom is -0.308 e. The lowest BCUT2D eigenvalue weighted by atomic mass is 10.3. The molecule has 1 amide bonds. The predicted molar refractivity (Wildman–Crippen MR) is 83.9 cm³/mol. The van der Waals surface area contributed by atoms with Gasteiger partial charge in [0.15, 0.2) is 5.13 Å². The van der Waals surface area contributed by atoms with Crippen LogP contribution in [-0.2, 0) is 4.79 Å². The number of rotatable bonds is 4. The Kier molecular flexibility index (Phi) is 4.54. The first-order chi connectivity index (χ1) is 8.97. The molecule has 1 aromatic carbocycles. The fraction of sp³-hybridized carbons (Fsp3) is 0.385. The number of benzene rings is 1. The van der Waals surface area contributed by atoms with Gasteiger partial charge in [-0.15, -0.1) is 0 Å². The van der Waals surface area contributed by atoms with E-state index < -0.39 is 0 Å². The highest BCUT2D eigenvalue weighted by Crippen LogP contribution is 2.30. The SMILES string of the molecule is CC(=O)N(CCN(C)C)c1nc2ccc(Br)cc2s1. The summed E-state index contributed by atoms with van der Waals surface area (Å²) in [4.78, 5) is 20.1. The number of hydrogen-bond acceptors (Lipinski definition) is 4. The van der Waals surface area contributed by atoms with E-state index in [9.17, 15) is 4.79 Å². The van der Waals surface area contributed by atoms with E-state index in [4.69, 9.17) is 0 Å². The number of aromatic nitrogens is 1. The lowest BCUT2D eigenvalue weighted by Crippen LogP contribution is -2.35. The van der Waals surface area contributed by atoms with E-state index in [-0.39, 0.29) is 5.91 Å². The van der Waals surface area contributed by atoms with Crippen LogP contribution in [-0.4, -0.2) is 43.0 Å². The third-order valence-corrected chi connectivity index (χ3v) is 4.26. The molecule has 0 N–H and O–H groups in total. The Bertz CT molecular complexity index is 597. The van der Waals surface area contributed by atoms with Crippen molar-refractivity contribution in [3.8, 4) is 0 Å². The quantitative estimate of drug-likeness (QED) is 0.857. The third kappa shape index (κ3) is 3.52. The summed E-state index contributed by atoms with van der Waals surface area (Å²) in [6, 6.07) is 5.95. The summed E-state index contributed by atoms with van der Waals surface area (Å²) in [5.41, 5.74) is 0.930. The highest BCUT2D eigenvalue weighted by Gasteiger charge is 2.16. The largest absolute Gasteiger partial charge is 0.308 e. The smallest absolute Gasteiger partial charge is 0.225 e. The maximum absolute atomic E-state index is 11.8. The van der Waals surface area contributed by atoms with Gasteiger partial charge in [0.25, 0.3) is 0 Å². The Morgan fingerprint density at radius 3 is 2.74 bits per heavy atom. The summed E-state index contributed by atoms with van der Waals surface area (Å²) in [6.45, 7) is 3.06. The molecule has 0 aliphatic carbocycles. The molecule has 1 heterocycles. The molecule has 0 aliphatic heterocycles. The Hall–Kier alpha value is -0.980. The molecule has 2 aromatic rings. The van der Waals surface area contributed by atoms with Crippen molar-refractivity contribution in [3.05, 3.63) is 22.7 Å². The van der Waals surface area contributed by atoms with Crippen LogP contribution < -0.4 is 4.90 Å². The van der Waals surface area contributed by atoms with Crippen molar-refractivity contribution in [2.24, 2.45) is 0 Å². The molecular weight excluding hydrogens is 326 g/mol. The molecular formula is C13H16BrN3OS. The Morgan fingerprint density at radius 1 is 1.37 bits per heavy atom. The maximum atomic E-state index is 11.8. The second-order valence-corrected chi connectivity index (χ2v) is 6.51. The fourth-order valence-electron chi connectivity index (χ4n) is 1.69. The molecule has 0 aliphatic rings. The zero-order valence-corrected chi connectivity index (χ0v) is 13.6. The molecule has 0 radical (unpaired) electrons. The van der Waals surface area contributed by atoms with Crippen molar-refractivity contribution in [2.45, 2.75) is 6.92 Å². The molecule has 0 bridgehead atoms. The van der Waals surface area contributed by atoms with Crippen molar-refractivity contribution in [3.63, 3.8) is 0 Å². The first kappa shape index (κ1) is 14.4. The molecule has 0 saturated heterocycles. The molecule has 102 valence electrons. The zero-order chi connectivity index (χ0) is 14.0. The van der Waals surface area contributed by atoms with Crippen LogP contribution >= 0.6 is 27.3 Å². The van der Waals surface area contributed by atoms with Crippen LogP contribution in [0, 0.1) is 0 Å². The first-order valence-corrected chi connectivity index (χ1v) is 7.57. The standard InChI is InChI=1S/C13H16BrN3OS/c1-9(18)17(7-6-16(2)3)13-15-11-5-4-10(14)8-12(11)19-13/h4-5,8H,6-7H2,1-3H3. The molecule has 0 fully saturated rings. The highest BCUT2D eigenvalue weighted by atomic mass is 79.9. The number of thiazole rings is 1. The molecule has 6 heteroatoms. The van der Waals surface area contributed by atoms with Gasteiger partial charge in [0.2, 0.25) is 5.91 Å². The lowest BCUT2D eigenvalue weighted by molar-refractivity contribution is -0.116. The summed E-state index contributed by atoms with van der Waals surface area (Å²) in [6.07, 6.45) is 0. The van der Waals surface area contributed by atoms with Crippen molar-refractivity contribution in [1.29, 1.82) is 0 Å². The van der Waals surface area contributed by atoms with Crippen LogP contribution in [0.4, 0.5) is 5.13 Å². The van der Waals surface area contributed by atoms with Crippen LogP contribution in [0.1, 0.15) is 6.92 Å². The lowest BCUT2D eigenvalue weighted by Gasteiger charge is -2.20. The van der Waals surface area contributed by atoms with Crippen LogP contribution in [0.15, 0.2) is 22.7 Å². The van der Waals surface area contributed by atoms with Crippen molar-refractivity contribution in [2.75, 3.05) is 32.1 Å². The van der Waals surface area contributed by atoms with E-state index >= 15 is 0 Å². The number of carbonyl (C=O) groups excluding carboxylic acids is 1. The predicted octanol–water partition coefficient (Wildman–Crippen LogP) is 2.97. The Morgan fingerprint density at radius 2 is 2.11 bits per heavy atom. The molecule has 1 aromatic heterocycles. The van der Waals surface area contributed by atoms with Gasteiger partial charge in [0.1, 0.15) is 0 Å². The normalized spacial score (nSPS) is 11.2. The summed E-state index contributed by atoms with van der Waals surface area (Å²) >= 11 is 4.99. The van der Waals surface area contributed by atoms with E-state index in [1.165, 1.54) is 0 Å². The monoisotopic (exact) mass is 341 g/mol. The number of amides is 1. The molecule has 0 saturated carbocycles. The van der Waals surface area contributed by atoms with Crippen LogP contribution in [0.2, 0.25) is 0 Å². The van der Waals surface area contributed by atoms with Gasteiger partial charge in [-0.05, 0) is 32.3 Å². The minimum absolute atomic E-state index is 0.0278. The molecule has 2 rings (SSSR count). The summed E-state index contributed by atoms with van der Waals surface area (Å²) in [5.74, 6) is 0.0278. The Labute approximate surface area is 125 Å². The van der Waals surface area contributed by atoms with Crippen molar-refractivity contribution >= 4 is 48.5 Å². The number of fused-ring (bicyclic) bond motifs is 1. The average Bonchev–Trinajstić information content (AvgIpc) is 2.70.